The summed E-state index contributed by atoms with van der Waals surface area (Å²) in [6.07, 6.45) is 2.05. The number of methoxy groups -OCH3 is 1. The molecule has 1 aromatic carbocycles. The number of hydrogen-bond acceptors (Lipinski definition) is 4. The number of fused-ring (bicyclic) bond motifs is 1. The second-order valence-corrected chi connectivity index (χ2v) is 5.46. The number of nitrogens with one attached hydrogen (secondary N) is 1. The zero-order chi connectivity index (χ0) is 14.8. The van der Waals surface area contributed by atoms with E-state index < -0.39 is 0 Å². The van der Waals surface area contributed by atoms with Gasteiger partial charge in [-0.3, -0.25) is 0 Å². The molecule has 0 spiro atoms. The third kappa shape index (κ3) is 2.74. The highest BCUT2D eigenvalue weighted by molar-refractivity contribution is 5.44. The topological polar surface area (TPSA) is 48.3 Å². The van der Waals surface area contributed by atoms with E-state index >= 15 is 0 Å². The van der Waals surface area contributed by atoms with E-state index in [9.17, 15) is 0 Å². The third-order valence-electron chi connectivity index (χ3n) is 3.74. The third-order valence-corrected chi connectivity index (χ3v) is 3.74. The Kier molecular flexibility index (Phi) is 3.84. The van der Waals surface area contributed by atoms with E-state index in [1.807, 2.05) is 31.3 Å². The molecule has 2 unspecified atom stereocenters. The first-order chi connectivity index (χ1) is 10.2. The predicted octanol–water partition coefficient (Wildman–Crippen LogP) is 2.94. The molecule has 3 rings (SSSR count). The zero-order valence-corrected chi connectivity index (χ0v) is 12.7. The molecule has 1 aliphatic rings. The number of hydrogen-bond donors (Lipinski definition) is 1. The lowest BCUT2D eigenvalue weighted by Gasteiger charge is -2.18. The van der Waals surface area contributed by atoms with Crippen LogP contribution in [-0.4, -0.2) is 29.9 Å². The fraction of sp³-hybridized carbons (Fsp3) is 0.438. The molecule has 1 N–H and O–H groups in total. The Hall–Kier alpha value is -2.01. The molecule has 5 nitrogen and oxygen atoms in total. The van der Waals surface area contributed by atoms with Crippen molar-refractivity contribution in [2.45, 2.75) is 25.9 Å². The normalized spacial score (nSPS) is 18.1. The van der Waals surface area contributed by atoms with E-state index in [2.05, 4.69) is 27.9 Å². The molecule has 0 saturated carbocycles. The number of aryl methyl sites for hydroxylation is 1. The highest BCUT2D eigenvalue weighted by Crippen LogP contribution is 2.34. The summed E-state index contributed by atoms with van der Waals surface area (Å²) in [6.45, 7) is 5.40. The molecule has 2 atom stereocenters. The molecular formula is C16H21N3O2. The minimum Gasteiger partial charge on any atom is -0.491 e. The smallest absolute Gasteiger partial charge is 0.203 e. The van der Waals surface area contributed by atoms with Gasteiger partial charge in [0.1, 0.15) is 12.4 Å². The number of nitrogens with zero attached hydrogens (tertiary/aromatic N) is 2. The van der Waals surface area contributed by atoms with Gasteiger partial charge in [0.2, 0.25) is 5.95 Å². The van der Waals surface area contributed by atoms with Crippen molar-refractivity contribution in [1.82, 2.24) is 9.55 Å². The van der Waals surface area contributed by atoms with Crippen molar-refractivity contribution in [2.75, 3.05) is 25.6 Å². The maximum atomic E-state index is 5.71. The average Bonchev–Trinajstić information content (AvgIpc) is 3.04. The Bertz CT molecular complexity index is 624. The standard InChI is InChI=1S/C16H21N3O2/c1-11-8-19(12(2)9-20-3)16(17-11)18-14-10-21-15-7-5-4-6-13(14)15/h4-8,12,14H,9-10H2,1-3H3,(H,17,18). The number of rotatable bonds is 5. The van der Waals surface area contributed by atoms with Crippen molar-refractivity contribution in [3.05, 3.63) is 41.7 Å². The van der Waals surface area contributed by atoms with Crippen molar-refractivity contribution >= 4 is 5.95 Å². The summed E-state index contributed by atoms with van der Waals surface area (Å²) in [5.41, 5.74) is 2.18. The Morgan fingerprint density at radius 1 is 1.48 bits per heavy atom. The lowest BCUT2D eigenvalue weighted by Crippen LogP contribution is -2.18. The van der Waals surface area contributed by atoms with E-state index in [0.717, 1.165) is 17.4 Å². The van der Waals surface area contributed by atoms with Gasteiger partial charge < -0.3 is 19.4 Å². The molecule has 112 valence electrons. The van der Waals surface area contributed by atoms with Gasteiger partial charge in [-0.2, -0.15) is 0 Å². The van der Waals surface area contributed by atoms with Crippen LogP contribution in [0.3, 0.4) is 0 Å². The zero-order valence-electron chi connectivity index (χ0n) is 12.7. The van der Waals surface area contributed by atoms with Gasteiger partial charge in [0.05, 0.1) is 24.4 Å². The molecule has 2 aromatic rings. The Morgan fingerprint density at radius 3 is 3.10 bits per heavy atom. The van der Waals surface area contributed by atoms with Crippen LogP contribution in [0.2, 0.25) is 0 Å². The van der Waals surface area contributed by atoms with Crippen LogP contribution in [0.5, 0.6) is 5.75 Å². The number of para-hydroxylation sites is 1. The van der Waals surface area contributed by atoms with Crippen LogP contribution in [0, 0.1) is 6.92 Å². The predicted molar refractivity (Wildman–Crippen MR) is 81.9 cm³/mol. The maximum absolute atomic E-state index is 5.71. The summed E-state index contributed by atoms with van der Waals surface area (Å²) in [7, 11) is 1.72. The highest BCUT2D eigenvalue weighted by atomic mass is 16.5. The molecule has 0 saturated heterocycles. The number of benzene rings is 1. The molecule has 0 amide bonds. The monoisotopic (exact) mass is 287 g/mol. The Balaban J connectivity index is 1.83. The molecule has 1 aliphatic heterocycles. The van der Waals surface area contributed by atoms with Crippen LogP contribution < -0.4 is 10.1 Å². The second-order valence-electron chi connectivity index (χ2n) is 5.46. The van der Waals surface area contributed by atoms with Crippen LogP contribution in [0.15, 0.2) is 30.5 Å². The first kappa shape index (κ1) is 13.9. The summed E-state index contributed by atoms with van der Waals surface area (Å²) in [5.74, 6) is 1.82. The first-order valence-electron chi connectivity index (χ1n) is 7.21. The van der Waals surface area contributed by atoms with Crippen molar-refractivity contribution in [3.8, 4) is 5.75 Å². The van der Waals surface area contributed by atoms with E-state index in [4.69, 9.17) is 9.47 Å². The minimum absolute atomic E-state index is 0.136. The summed E-state index contributed by atoms with van der Waals surface area (Å²) >= 11 is 0. The van der Waals surface area contributed by atoms with Crippen molar-refractivity contribution in [1.29, 1.82) is 0 Å². The van der Waals surface area contributed by atoms with Crippen LogP contribution in [0.4, 0.5) is 5.95 Å². The number of anilines is 1. The fourth-order valence-corrected chi connectivity index (χ4v) is 2.72. The van der Waals surface area contributed by atoms with Gasteiger partial charge in [-0.1, -0.05) is 18.2 Å². The molecule has 2 heterocycles. The van der Waals surface area contributed by atoms with Gasteiger partial charge in [0, 0.05) is 18.9 Å². The van der Waals surface area contributed by atoms with Gasteiger partial charge >= 0.3 is 0 Å². The molecule has 5 heteroatoms. The summed E-state index contributed by atoms with van der Waals surface area (Å²) in [6, 6.07) is 8.49. The largest absolute Gasteiger partial charge is 0.491 e. The summed E-state index contributed by atoms with van der Waals surface area (Å²) in [4.78, 5) is 4.59. The van der Waals surface area contributed by atoms with Crippen LogP contribution in [0.25, 0.3) is 0 Å². The van der Waals surface area contributed by atoms with E-state index in [-0.39, 0.29) is 12.1 Å². The average molecular weight is 287 g/mol. The molecule has 0 radical (unpaired) electrons. The van der Waals surface area contributed by atoms with Gasteiger partial charge in [-0.05, 0) is 19.9 Å². The van der Waals surface area contributed by atoms with E-state index in [1.165, 1.54) is 5.56 Å². The van der Waals surface area contributed by atoms with Crippen molar-refractivity contribution < 1.29 is 9.47 Å². The first-order valence-corrected chi connectivity index (χ1v) is 7.21. The van der Waals surface area contributed by atoms with Crippen molar-refractivity contribution in [3.63, 3.8) is 0 Å². The van der Waals surface area contributed by atoms with E-state index in [1.54, 1.807) is 7.11 Å². The molecule has 1 aromatic heterocycles. The lowest BCUT2D eigenvalue weighted by atomic mass is 10.1. The van der Waals surface area contributed by atoms with Gasteiger partial charge in [0.15, 0.2) is 0 Å². The molecular weight excluding hydrogens is 266 g/mol. The summed E-state index contributed by atoms with van der Waals surface area (Å²) in [5, 5.41) is 3.50. The molecule has 0 fully saturated rings. The minimum atomic E-state index is 0.136. The van der Waals surface area contributed by atoms with E-state index in [0.29, 0.717) is 13.2 Å². The lowest BCUT2D eigenvalue weighted by molar-refractivity contribution is 0.163. The van der Waals surface area contributed by atoms with Crippen LogP contribution >= 0.6 is 0 Å². The van der Waals surface area contributed by atoms with Gasteiger partial charge in [-0.25, -0.2) is 4.98 Å². The quantitative estimate of drug-likeness (QED) is 0.918. The Labute approximate surface area is 124 Å². The second kappa shape index (κ2) is 5.77. The molecule has 21 heavy (non-hydrogen) atoms. The maximum Gasteiger partial charge on any atom is 0.203 e. The highest BCUT2D eigenvalue weighted by Gasteiger charge is 2.25. The fourth-order valence-electron chi connectivity index (χ4n) is 2.72. The van der Waals surface area contributed by atoms with Crippen molar-refractivity contribution in [2.24, 2.45) is 0 Å². The van der Waals surface area contributed by atoms with Gasteiger partial charge in [0.25, 0.3) is 0 Å². The number of imidazole rings is 1. The Morgan fingerprint density at radius 2 is 2.29 bits per heavy atom. The van der Waals surface area contributed by atoms with Crippen LogP contribution in [0.1, 0.15) is 30.3 Å². The summed E-state index contributed by atoms with van der Waals surface area (Å²) < 4.78 is 13.1. The van der Waals surface area contributed by atoms with Crippen LogP contribution in [-0.2, 0) is 4.74 Å². The number of ether oxygens (including phenoxy) is 2. The molecule has 0 aliphatic carbocycles. The molecule has 0 bridgehead atoms. The SMILES string of the molecule is COCC(C)n1cc(C)nc1NC1COc2ccccc21. The number of aromatic nitrogens is 2. The van der Waals surface area contributed by atoms with Gasteiger partial charge in [-0.15, -0.1) is 0 Å².